The topological polar surface area (TPSA) is 90.0 Å². The fourth-order valence-electron chi connectivity index (χ4n) is 0. The van der Waals surface area contributed by atoms with Gasteiger partial charge in [0.1, 0.15) is 0 Å². The second-order valence-electron chi connectivity index (χ2n) is 0.224. The minimum atomic E-state index is -1.75. The molecule has 0 aromatic rings. The van der Waals surface area contributed by atoms with Crippen molar-refractivity contribution in [2.24, 2.45) is 0 Å². The molecule has 0 heterocycles. The van der Waals surface area contributed by atoms with E-state index in [4.69, 9.17) is 27.2 Å². The molecule has 0 aliphatic rings. The van der Waals surface area contributed by atoms with Crippen LogP contribution in [-0.4, -0.2) is 5.09 Å². The lowest BCUT2D eigenvalue weighted by atomic mass is 11.9. The molecule has 0 unspecified atom stereocenters. The number of hydrogen-bond donors (Lipinski definition) is 0. The van der Waals surface area contributed by atoms with Gasteiger partial charge in [0.15, 0.2) is 0 Å². The van der Waals surface area contributed by atoms with E-state index in [-0.39, 0.29) is 0 Å². The lowest BCUT2D eigenvalue weighted by Crippen LogP contribution is -1.74. The maximum absolute atomic E-state index is 8.25. The summed E-state index contributed by atoms with van der Waals surface area (Å²) in [6.07, 6.45) is 0. The van der Waals surface area contributed by atoms with Gasteiger partial charge in [-0.25, -0.2) is 0 Å². The molecule has 0 amide bonds. The first-order valence-corrected chi connectivity index (χ1v) is 0.771. The highest BCUT2D eigenvalue weighted by atomic mass is 16.9. The van der Waals surface area contributed by atoms with Gasteiger partial charge >= 0.3 is 0 Å². The first-order chi connectivity index (χ1) is 2.73. The van der Waals surface area contributed by atoms with Gasteiger partial charge in [0.05, 0.1) is 5.09 Å². The molecule has 0 N–H and O–H groups in total. The summed E-state index contributed by atoms with van der Waals surface area (Å²) in [7, 11) is 0. The van der Waals surface area contributed by atoms with Crippen LogP contribution in [-0.2, 0) is 0 Å². The Bertz CT molecular complexity index is 53.1. The zero-order chi connectivity index (χ0) is 5.58. The van der Waals surface area contributed by atoms with Crippen LogP contribution < -0.4 is 0 Å². The van der Waals surface area contributed by atoms with Crippen LogP contribution in [0, 0.1) is 27.2 Å². The van der Waals surface area contributed by atoms with Gasteiger partial charge in [-0.3, -0.25) is 0 Å². The highest BCUT2D eigenvalue weighted by Gasteiger charge is 1.45. The molecule has 0 aliphatic carbocycles. The van der Waals surface area contributed by atoms with Gasteiger partial charge in [0, 0.05) is 0 Å². The van der Waals surface area contributed by atoms with Crippen LogP contribution in [0.3, 0.4) is 0 Å². The Labute approximate surface area is 33.5 Å². The fraction of sp³-hybridized carbons (Fsp3) is 0. The number of rotatable bonds is 0. The van der Waals surface area contributed by atoms with E-state index >= 15 is 0 Å². The van der Waals surface area contributed by atoms with Crippen molar-refractivity contribution < 1.29 is 5.09 Å². The third-order valence-electron chi connectivity index (χ3n) is 0. The quantitative estimate of drug-likeness (QED) is 0.234. The Morgan fingerprint density at radius 2 is 1.50 bits per heavy atom. The minimum Gasteiger partial charge on any atom is -0.512 e. The second kappa shape index (κ2) is 9.35. The van der Waals surface area contributed by atoms with Crippen molar-refractivity contribution >= 4 is 0 Å². The van der Waals surface area contributed by atoms with Crippen LogP contribution in [0.1, 0.15) is 0 Å². The predicted octanol–water partition coefficient (Wildman–Crippen LogP) is -0.143. The first kappa shape index (κ1) is 8.83. The van der Waals surface area contributed by atoms with Crippen LogP contribution in [0.5, 0.6) is 0 Å². The highest BCUT2D eigenvalue weighted by Crippen LogP contribution is 1.44. The van der Waals surface area contributed by atoms with Gasteiger partial charge in [-0.1, -0.05) is 0 Å². The Kier molecular flexibility index (Phi) is 13.8. The summed E-state index contributed by atoms with van der Waals surface area (Å²) in [4.78, 5) is 8.25. The summed E-state index contributed by atoms with van der Waals surface area (Å²) in [5, 5.41) is 21.0. The Hall–Kier alpha value is -1.31. The van der Waals surface area contributed by atoms with Crippen molar-refractivity contribution in [1.29, 1.82) is 5.26 Å². The molecule has 6 heavy (non-hydrogen) atoms. The van der Waals surface area contributed by atoms with Gasteiger partial charge in [-0.15, -0.1) is 0 Å². The van der Waals surface area contributed by atoms with E-state index in [2.05, 4.69) is 0 Å². The van der Waals surface area contributed by atoms with E-state index in [0.717, 1.165) is 0 Å². The molecule has 0 radical (unpaired) electrons. The molecule has 0 atom stereocenters. The van der Waals surface area contributed by atoms with Crippen molar-refractivity contribution in [3.8, 4) is 0 Å². The van der Waals surface area contributed by atoms with Gasteiger partial charge in [-0.2, -0.15) is 0 Å². The zero-order valence-electron chi connectivity index (χ0n) is 2.62. The van der Waals surface area contributed by atoms with Crippen LogP contribution in [0.4, 0.5) is 0 Å². The van der Waals surface area contributed by atoms with Crippen molar-refractivity contribution in [3.05, 3.63) is 21.9 Å². The molecule has 0 spiro atoms. The molecular weight excluding hydrogens is 88.0 g/mol. The average Bonchev–Trinajstić information content (AvgIpc) is 1.41. The predicted molar refractivity (Wildman–Crippen MR) is 15.3 cm³/mol. The van der Waals surface area contributed by atoms with Crippen molar-refractivity contribution in [2.45, 2.75) is 0 Å². The SMILES string of the molecule is O=[N+]([O-])[O-].[C-]#N. The van der Waals surface area contributed by atoms with E-state index in [1.165, 1.54) is 0 Å². The summed E-state index contributed by atoms with van der Waals surface area (Å²) in [5.41, 5.74) is 0. The van der Waals surface area contributed by atoms with E-state index in [1.807, 2.05) is 0 Å². The third-order valence-corrected chi connectivity index (χ3v) is 0. The van der Waals surface area contributed by atoms with Crippen LogP contribution in [0.25, 0.3) is 0 Å². The van der Waals surface area contributed by atoms with Crippen molar-refractivity contribution in [3.63, 3.8) is 0 Å². The fourth-order valence-corrected chi connectivity index (χ4v) is 0. The van der Waals surface area contributed by atoms with E-state index < -0.39 is 5.09 Å². The normalized spacial score (nSPS) is 4.33. The van der Waals surface area contributed by atoms with Crippen molar-refractivity contribution in [1.82, 2.24) is 0 Å². The van der Waals surface area contributed by atoms with E-state index in [1.54, 1.807) is 0 Å². The molecule has 5 nitrogen and oxygen atoms in total. The largest absolute Gasteiger partial charge is 0.512 e. The summed E-state index contributed by atoms with van der Waals surface area (Å²) < 4.78 is 0. The average molecular weight is 88.0 g/mol. The maximum atomic E-state index is 8.25. The Morgan fingerprint density at radius 1 is 1.50 bits per heavy atom. The van der Waals surface area contributed by atoms with Gasteiger partial charge in [0.2, 0.25) is 0 Å². The molecule has 0 rings (SSSR count). The molecule has 5 heteroatoms. The molecule has 0 aromatic heterocycles. The maximum Gasteiger partial charge on any atom is 0.0689 e. The summed E-state index contributed by atoms with van der Waals surface area (Å²) in [6, 6.07) is 0. The Morgan fingerprint density at radius 3 is 1.50 bits per heavy atom. The third kappa shape index (κ3) is 4.48. The molecule has 0 aliphatic heterocycles. The Balaban J connectivity index is 0. The smallest absolute Gasteiger partial charge is 0.0689 e. The monoisotopic (exact) mass is 88.0 g/mol. The lowest BCUT2D eigenvalue weighted by molar-refractivity contribution is -0.402. The minimum absolute atomic E-state index is 1.75. The van der Waals surface area contributed by atoms with Crippen molar-refractivity contribution in [2.75, 3.05) is 0 Å². The van der Waals surface area contributed by atoms with Gasteiger partial charge in [0.25, 0.3) is 0 Å². The molecule has 0 aromatic carbocycles. The summed E-state index contributed by atoms with van der Waals surface area (Å²) in [5.74, 6) is 0. The second-order valence-corrected chi connectivity index (χ2v) is 0.224. The molecule has 0 fully saturated rings. The first-order valence-electron chi connectivity index (χ1n) is 0.771. The van der Waals surface area contributed by atoms with Crippen LogP contribution in [0.15, 0.2) is 0 Å². The van der Waals surface area contributed by atoms with E-state index in [0.29, 0.717) is 0 Å². The van der Waals surface area contributed by atoms with Crippen LogP contribution >= 0.6 is 0 Å². The lowest BCUT2D eigenvalue weighted by Gasteiger charge is -1.74. The molecule has 0 bridgehead atoms. The summed E-state index contributed by atoms with van der Waals surface area (Å²) >= 11 is 0. The van der Waals surface area contributed by atoms with E-state index in [9.17, 15) is 0 Å². The van der Waals surface area contributed by atoms with Gasteiger partial charge in [-0.05, 0) is 0 Å². The summed E-state index contributed by atoms with van der Waals surface area (Å²) in [6.45, 7) is 4.75. The molecule has 34 valence electrons. The number of nitrogens with zero attached hydrogens (tertiary/aromatic N) is 2. The zero-order valence-corrected chi connectivity index (χ0v) is 2.62. The van der Waals surface area contributed by atoms with Gasteiger partial charge < -0.3 is 27.2 Å². The number of hydrogen-bond acceptors (Lipinski definition) is 4. The molecular formula is CN2O3-2. The highest BCUT2D eigenvalue weighted by molar-refractivity contribution is 4.03. The van der Waals surface area contributed by atoms with Crippen LogP contribution in [0.2, 0.25) is 0 Å². The molecule has 0 saturated carbocycles. The molecule has 0 saturated heterocycles. The standard InChI is InChI=1S/CN.NO3/c1-2;2-1(3)4/q2*-1.